The Kier molecular flexibility index (Phi) is 7.20. The fourth-order valence-corrected chi connectivity index (χ4v) is 2.18. The molecule has 0 bridgehead atoms. The van der Waals surface area contributed by atoms with E-state index in [1.165, 1.54) is 0 Å². The van der Waals surface area contributed by atoms with Gasteiger partial charge in [0.2, 0.25) is 0 Å². The molecular weight excluding hydrogens is 262 g/mol. The average Bonchev–Trinajstić information content (AvgIpc) is 2.49. The number of carbonyl (C=O) groups is 1. The molecule has 21 heavy (non-hydrogen) atoms. The highest BCUT2D eigenvalue weighted by atomic mass is 16.2. The molecule has 1 amide bonds. The third kappa shape index (κ3) is 5.37. The molecule has 0 aromatic carbocycles. The predicted octanol–water partition coefficient (Wildman–Crippen LogP) is 3.72. The molecule has 0 saturated heterocycles. The molecule has 4 nitrogen and oxygen atoms in total. The first-order valence-corrected chi connectivity index (χ1v) is 8.03. The van der Waals surface area contributed by atoms with Gasteiger partial charge in [-0.05, 0) is 38.3 Å². The van der Waals surface area contributed by atoms with Crippen molar-refractivity contribution in [3.63, 3.8) is 0 Å². The molecule has 1 aromatic rings. The van der Waals surface area contributed by atoms with Crippen LogP contribution < -0.4 is 5.32 Å². The summed E-state index contributed by atoms with van der Waals surface area (Å²) < 4.78 is 0. The fraction of sp³-hybridized carbons (Fsp3) is 0.647. The molecule has 1 unspecified atom stereocenters. The zero-order valence-electron chi connectivity index (χ0n) is 14.1. The largest absolute Gasteiger partial charge is 0.370 e. The maximum Gasteiger partial charge on any atom is 0.254 e. The Morgan fingerprint density at radius 2 is 2.05 bits per heavy atom. The summed E-state index contributed by atoms with van der Waals surface area (Å²) in [6, 6.07) is 3.74. The van der Waals surface area contributed by atoms with Crippen molar-refractivity contribution >= 4 is 11.7 Å². The van der Waals surface area contributed by atoms with Crippen molar-refractivity contribution in [2.24, 2.45) is 5.92 Å². The third-order valence-corrected chi connectivity index (χ3v) is 3.65. The van der Waals surface area contributed by atoms with Gasteiger partial charge in [-0.15, -0.1) is 0 Å². The van der Waals surface area contributed by atoms with E-state index in [4.69, 9.17) is 0 Å². The molecule has 0 fully saturated rings. The highest BCUT2D eigenvalue weighted by Gasteiger charge is 2.17. The average molecular weight is 291 g/mol. The number of amides is 1. The zero-order valence-corrected chi connectivity index (χ0v) is 14.1. The van der Waals surface area contributed by atoms with Crippen molar-refractivity contribution in [2.45, 2.75) is 47.5 Å². The number of aromatic nitrogens is 1. The molecule has 4 heteroatoms. The second kappa shape index (κ2) is 8.65. The summed E-state index contributed by atoms with van der Waals surface area (Å²) in [5, 5.41) is 3.26. The van der Waals surface area contributed by atoms with E-state index >= 15 is 0 Å². The van der Waals surface area contributed by atoms with Gasteiger partial charge in [0.1, 0.15) is 5.82 Å². The highest BCUT2D eigenvalue weighted by Crippen LogP contribution is 2.14. The van der Waals surface area contributed by atoms with Crippen LogP contribution in [0.3, 0.4) is 0 Å². The molecule has 0 saturated carbocycles. The number of nitrogens with one attached hydrogen (secondary N) is 1. The molecule has 1 rings (SSSR count). The number of anilines is 1. The molecule has 1 N–H and O–H groups in total. The minimum absolute atomic E-state index is 0.0999. The highest BCUT2D eigenvalue weighted by molar-refractivity contribution is 5.95. The molecule has 0 aliphatic rings. The first-order valence-electron chi connectivity index (χ1n) is 8.03. The lowest BCUT2D eigenvalue weighted by molar-refractivity contribution is 0.0740. The number of pyridine rings is 1. The summed E-state index contributed by atoms with van der Waals surface area (Å²) in [5.41, 5.74) is 1.60. The van der Waals surface area contributed by atoms with Gasteiger partial charge in [-0.2, -0.15) is 0 Å². The fourth-order valence-electron chi connectivity index (χ4n) is 2.18. The van der Waals surface area contributed by atoms with Crippen LogP contribution >= 0.6 is 0 Å². The quantitative estimate of drug-likeness (QED) is 0.794. The van der Waals surface area contributed by atoms with Crippen LogP contribution in [-0.4, -0.2) is 35.4 Å². The minimum atomic E-state index is 0.0999. The number of hydrogen-bond donors (Lipinski definition) is 1. The molecule has 0 spiro atoms. The van der Waals surface area contributed by atoms with Crippen LogP contribution in [0.5, 0.6) is 0 Å². The summed E-state index contributed by atoms with van der Waals surface area (Å²) in [5.74, 6) is 1.41. The van der Waals surface area contributed by atoms with Crippen molar-refractivity contribution in [1.29, 1.82) is 0 Å². The topological polar surface area (TPSA) is 45.2 Å². The third-order valence-electron chi connectivity index (χ3n) is 3.65. The normalized spacial score (nSPS) is 12.0. The van der Waals surface area contributed by atoms with Crippen molar-refractivity contribution in [1.82, 2.24) is 9.88 Å². The predicted molar refractivity (Wildman–Crippen MR) is 88.8 cm³/mol. The molecule has 0 aliphatic heterocycles. The summed E-state index contributed by atoms with van der Waals surface area (Å²) in [6.07, 6.45) is 2.12. The first kappa shape index (κ1) is 17.5. The lowest BCUT2D eigenvalue weighted by Gasteiger charge is -2.24. The summed E-state index contributed by atoms with van der Waals surface area (Å²) in [4.78, 5) is 19.0. The zero-order chi connectivity index (χ0) is 15.8. The lowest BCUT2D eigenvalue weighted by atomic mass is 10.1. The van der Waals surface area contributed by atoms with E-state index in [9.17, 15) is 4.79 Å². The van der Waals surface area contributed by atoms with Gasteiger partial charge >= 0.3 is 0 Å². The van der Waals surface area contributed by atoms with E-state index in [1.54, 1.807) is 0 Å². The number of hydrogen-bond acceptors (Lipinski definition) is 3. The molecule has 0 aliphatic carbocycles. The Hall–Kier alpha value is -1.58. The summed E-state index contributed by atoms with van der Waals surface area (Å²) in [7, 11) is 0. The van der Waals surface area contributed by atoms with Crippen LogP contribution in [0.15, 0.2) is 12.1 Å². The van der Waals surface area contributed by atoms with Crippen molar-refractivity contribution in [2.75, 3.05) is 25.0 Å². The molecule has 1 heterocycles. The van der Waals surface area contributed by atoms with Crippen LogP contribution in [0.1, 0.15) is 56.6 Å². The van der Waals surface area contributed by atoms with Crippen molar-refractivity contribution in [3.05, 3.63) is 23.4 Å². The van der Waals surface area contributed by atoms with Gasteiger partial charge in [0, 0.05) is 30.9 Å². The minimum Gasteiger partial charge on any atom is -0.370 e. The van der Waals surface area contributed by atoms with Gasteiger partial charge in [-0.25, -0.2) is 4.98 Å². The van der Waals surface area contributed by atoms with E-state index in [0.717, 1.165) is 49.6 Å². The van der Waals surface area contributed by atoms with Crippen LogP contribution in [0.25, 0.3) is 0 Å². The number of carbonyl (C=O) groups excluding carboxylic acids is 1. The van der Waals surface area contributed by atoms with Gasteiger partial charge in [0.25, 0.3) is 5.91 Å². The summed E-state index contributed by atoms with van der Waals surface area (Å²) >= 11 is 0. The van der Waals surface area contributed by atoms with Crippen LogP contribution in [0, 0.1) is 12.8 Å². The van der Waals surface area contributed by atoms with Crippen molar-refractivity contribution < 1.29 is 4.79 Å². The SMILES string of the molecule is CCCNc1cc(C(=O)N(CC)CC(C)CC)cc(C)n1. The monoisotopic (exact) mass is 291 g/mol. The van der Waals surface area contributed by atoms with E-state index < -0.39 is 0 Å². The Morgan fingerprint density at radius 1 is 1.33 bits per heavy atom. The molecule has 118 valence electrons. The molecule has 1 atom stereocenters. The van der Waals surface area contributed by atoms with E-state index in [2.05, 4.69) is 31.1 Å². The molecule has 1 aromatic heterocycles. The Balaban J connectivity index is 2.91. The summed E-state index contributed by atoms with van der Waals surface area (Å²) in [6.45, 7) is 12.8. The van der Waals surface area contributed by atoms with Gasteiger partial charge < -0.3 is 10.2 Å². The second-order valence-corrected chi connectivity index (χ2v) is 5.67. The Morgan fingerprint density at radius 3 is 2.62 bits per heavy atom. The smallest absolute Gasteiger partial charge is 0.254 e. The Labute approximate surface area is 129 Å². The number of aryl methyl sites for hydroxylation is 1. The van der Waals surface area contributed by atoms with Gasteiger partial charge in [-0.3, -0.25) is 4.79 Å². The Bertz CT molecular complexity index is 459. The van der Waals surface area contributed by atoms with E-state index in [0.29, 0.717) is 5.92 Å². The van der Waals surface area contributed by atoms with Crippen molar-refractivity contribution in [3.8, 4) is 0 Å². The van der Waals surface area contributed by atoms with Gasteiger partial charge in [-0.1, -0.05) is 27.2 Å². The standard InChI is InChI=1S/C17H29N3O/c1-6-9-18-16-11-15(10-14(5)19-16)17(21)20(8-3)12-13(4)7-2/h10-11,13H,6-9,12H2,1-5H3,(H,18,19). The van der Waals surface area contributed by atoms with Crippen LogP contribution in [0.2, 0.25) is 0 Å². The number of nitrogens with zero attached hydrogens (tertiary/aromatic N) is 2. The first-order chi connectivity index (χ1) is 10.0. The number of rotatable bonds is 8. The molecule has 0 radical (unpaired) electrons. The van der Waals surface area contributed by atoms with Gasteiger partial charge in [0.05, 0.1) is 0 Å². The van der Waals surface area contributed by atoms with Gasteiger partial charge in [0.15, 0.2) is 0 Å². The van der Waals surface area contributed by atoms with Crippen LogP contribution in [0.4, 0.5) is 5.82 Å². The maximum absolute atomic E-state index is 12.7. The molecular formula is C17H29N3O. The maximum atomic E-state index is 12.7. The van der Waals surface area contributed by atoms with E-state index in [1.807, 2.05) is 30.9 Å². The van der Waals surface area contributed by atoms with Crippen LogP contribution in [-0.2, 0) is 0 Å². The lowest BCUT2D eigenvalue weighted by Crippen LogP contribution is -2.34. The van der Waals surface area contributed by atoms with E-state index in [-0.39, 0.29) is 5.91 Å². The second-order valence-electron chi connectivity index (χ2n) is 5.67.